The van der Waals surface area contributed by atoms with Gasteiger partial charge in [-0.05, 0) is 49.9 Å². The summed E-state index contributed by atoms with van der Waals surface area (Å²) in [5, 5.41) is 12.8. The van der Waals surface area contributed by atoms with Crippen LogP contribution in [0.25, 0.3) is 0 Å². The molecule has 20 heavy (non-hydrogen) atoms. The molecule has 1 aromatic rings. The summed E-state index contributed by atoms with van der Waals surface area (Å²) in [5.41, 5.74) is 0.958. The predicted octanol–water partition coefficient (Wildman–Crippen LogP) is 3.33. The minimum atomic E-state index is -0.384. The maximum absolute atomic E-state index is 9.50. The molecule has 0 heterocycles. The SMILES string of the molecule is CCCNC(C)(CO)COc1ccc(C(C)CC)cc1. The summed E-state index contributed by atoms with van der Waals surface area (Å²) in [6.07, 6.45) is 2.18. The van der Waals surface area contributed by atoms with Crippen molar-refractivity contribution in [3.63, 3.8) is 0 Å². The third kappa shape index (κ3) is 5.14. The van der Waals surface area contributed by atoms with Gasteiger partial charge in [0.15, 0.2) is 0 Å². The summed E-state index contributed by atoms with van der Waals surface area (Å²) in [5.74, 6) is 1.44. The van der Waals surface area contributed by atoms with E-state index in [-0.39, 0.29) is 12.1 Å². The first-order chi connectivity index (χ1) is 9.54. The molecule has 1 aromatic carbocycles. The summed E-state index contributed by atoms with van der Waals surface area (Å²) in [7, 11) is 0. The molecule has 0 aliphatic carbocycles. The lowest BCUT2D eigenvalue weighted by Gasteiger charge is -2.28. The van der Waals surface area contributed by atoms with Crippen LogP contribution in [0, 0.1) is 0 Å². The van der Waals surface area contributed by atoms with Gasteiger partial charge < -0.3 is 15.2 Å². The normalized spacial score (nSPS) is 15.7. The number of nitrogens with one attached hydrogen (secondary N) is 1. The highest BCUT2D eigenvalue weighted by Gasteiger charge is 2.23. The highest BCUT2D eigenvalue weighted by molar-refractivity contribution is 5.29. The third-order valence-corrected chi connectivity index (χ3v) is 3.77. The molecule has 2 atom stereocenters. The molecular weight excluding hydrogens is 250 g/mol. The third-order valence-electron chi connectivity index (χ3n) is 3.77. The van der Waals surface area contributed by atoms with Gasteiger partial charge >= 0.3 is 0 Å². The Kier molecular flexibility index (Phi) is 7.03. The van der Waals surface area contributed by atoms with Gasteiger partial charge in [-0.25, -0.2) is 0 Å². The monoisotopic (exact) mass is 279 g/mol. The average molecular weight is 279 g/mol. The molecule has 114 valence electrons. The number of aliphatic hydroxyl groups is 1. The Morgan fingerprint density at radius 1 is 1.25 bits per heavy atom. The van der Waals surface area contributed by atoms with Crippen molar-refractivity contribution in [3.8, 4) is 5.75 Å². The molecule has 1 rings (SSSR count). The largest absolute Gasteiger partial charge is 0.492 e. The molecule has 3 nitrogen and oxygen atoms in total. The minimum Gasteiger partial charge on any atom is -0.492 e. The van der Waals surface area contributed by atoms with E-state index in [2.05, 4.69) is 38.2 Å². The van der Waals surface area contributed by atoms with Gasteiger partial charge in [0.25, 0.3) is 0 Å². The van der Waals surface area contributed by atoms with Crippen LogP contribution in [0.15, 0.2) is 24.3 Å². The van der Waals surface area contributed by atoms with E-state index in [4.69, 9.17) is 4.74 Å². The Morgan fingerprint density at radius 2 is 1.90 bits per heavy atom. The van der Waals surface area contributed by atoms with E-state index >= 15 is 0 Å². The lowest BCUT2D eigenvalue weighted by Crippen LogP contribution is -2.50. The van der Waals surface area contributed by atoms with Crippen molar-refractivity contribution >= 4 is 0 Å². The van der Waals surface area contributed by atoms with Crippen LogP contribution < -0.4 is 10.1 Å². The van der Waals surface area contributed by atoms with Crippen molar-refractivity contribution < 1.29 is 9.84 Å². The summed E-state index contributed by atoms with van der Waals surface area (Å²) >= 11 is 0. The highest BCUT2D eigenvalue weighted by atomic mass is 16.5. The number of ether oxygens (including phenoxy) is 1. The molecule has 0 fully saturated rings. The Morgan fingerprint density at radius 3 is 2.40 bits per heavy atom. The quantitative estimate of drug-likeness (QED) is 0.728. The number of benzene rings is 1. The number of hydrogen-bond donors (Lipinski definition) is 2. The average Bonchev–Trinajstić information content (AvgIpc) is 2.50. The molecular formula is C17H29NO2. The van der Waals surface area contributed by atoms with Gasteiger partial charge in [0, 0.05) is 0 Å². The van der Waals surface area contributed by atoms with E-state index < -0.39 is 0 Å². The zero-order valence-electron chi connectivity index (χ0n) is 13.3. The Balaban J connectivity index is 2.56. The molecule has 0 spiro atoms. The van der Waals surface area contributed by atoms with Gasteiger partial charge in [0.1, 0.15) is 12.4 Å². The zero-order chi connectivity index (χ0) is 15.0. The van der Waals surface area contributed by atoms with Crippen LogP contribution in [0.1, 0.15) is 52.0 Å². The van der Waals surface area contributed by atoms with Crippen LogP contribution in [-0.2, 0) is 0 Å². The molecule has 2 N–H and O–H groups in total. The second kappa shape index (κ2) is 8.28. The lowest BCUT2D eigenvalue weighted by atomic mass is 9.99. The summed E-state index contributed by atoms with van der Waals surface area (Å²) < 4.78 is 5.80. The Labute approximate surface area is 123 Å². The second-order valence-electron chi connectivity index (χ2n) is 5.81. The Hall–Kier alpha value is -1.06. The van der Waals surface area contributed by atoms with E-state index in [1.54, 1.807) is 0 Å². The van der Waals surface area contributed by atoms with Crippen LogP contribution in [0.2, 0.25) is 0 Å². The first-order valence-electron chi connectivity index (χ1n) is 7.63. The molecule has 0 bridgehead atoms. The van der Waals surface area contributed by atoms with Gasteiger partial charge in [-0.3, -0.25) is 0 Å². The molecule has 3 heteroatoms. The summed E-state index contributed by atoms with van der Waals surface area (Å²) in [6, 6.07) is 8.27. The molecule has 2 unspecified atom stereocenters. The maximum atomic E-state index is 9.50. The fourth-order valence-corrected chi connectivity index (χ4v) is 1.95. The predicted molar refractivity (Wildman–Crippen MR) is 84.4 cm³/mol. The first kappa shape index (κ1) is 17.0. The van der Waals surface area contributed by atoms with Crippen LogP contribution in [0.4, 0.5) is 0 Å². The van der Waals surface area contributed by atoms with Crippen molar-refractivity contribution in [2.45, 2.75) is 52.0 Å². The summed E-state index contributed by atoms with van der Waals surface area (Å²) in [4.78, 5) is 0. The number of aliphatic hydroxyl groups excluding tert-OH is 1. The van der Waals surface area contributed by atoms with Gasteiger partial charge in [0.05, 0.1) is 12.1 Å². The first-order valence-corrected chi connectivity index (χ1v) is 7.63. The van der Waals surface area contributed by atoms with Crippen LogP contribution in [0.5, 0.6) is 5.75 Å². The van der Waals surface area contributed by atoms with E-state index in [0.29, 0.717) is 12.5 Å². The molecule has 0 aromatic heterocycles. The maximum Gasteiger partial charge on any atom is 0.119 e. The van der Waals surface area contributed by atoms with Gasteiger partial charge in [-0.15, -0.1) is 0 Å². The van der Waals surface area contributed by atoms with Crippen molar-refractivity contribution in [2.24, 2.45) is 0 Å². The molecule has 0 saturated heterocycles. The van der Waals surface area contributed by atoms with Crippen molar-refractivity contribution in [1.82, 2.24) is 5.32 Å². The topological polar surface area (TPSA) is 41.5 Å². The van der Waals surface area contributed by atoms with Crippen molar-refractivity contribution in [3.05, 3.63) is 29.8 Å². The molecule has 0 radical (unpaired) electrons. The number of hydrogen-bond acceptors (Lipinski definition) is 3. The molecule has 0 amide bonds. The standard InChI is InChI=1S/C17H29NO2/c1-5-11-18-17(4,12-19)13-20-16-9-7-15(8-10-16)14(3)6-2/h7-10,14,18-19H,5-6,11-13H2,1-4H3. The number of rotatable bonds is 9. The van der Waals surface area contributed by atoms with Crippen LogP contribution in [-0.4, -0.2) is 30.4 Å². The highest BCUT2D eigenvalue weighted by Crippen LogP contribution is 2.22. The minimum absolute atomic E-state index is 0.0674. The van der Waals surface area contributed by atoms with E-state index in [1.807, 2.05) is 19.1 Å². The van der Waals surface area contributed by atoms with E-state index in [0.717, 1.165) is 25.1 Å². The van der Waals surface area contributed by atoms with Gasteiger partial charge in [-0.1, -0.05) is 32.9 Å². The fraction of sp³-hybridized carbons (Fsp3) is 0.647. The zero-order valence-corrected chi connectivity index (χ0v) is 13.3. The lowest BCUT2D eigenvalue weighted by molar-refractivity contribution is 0.116. The van der Waals surface area contributed by atoms with Crippen molar-refractivity contribution in [2.75, 3.05) is 19.8 Å². The molecule has 0 saturated carbocycles. The van der Waals surface area contributed by atoms with Crippen molar-refractivity contribution in [1.29, 1.82) is 0 Å². The second-order valence-corrected chi connectivity index (χ2v) is 5.81. The van der Waals surface area contributed by atoms with Crippen LogP contribution in [0.3, 0.4) is 0 Å². The summed E-state index contributed by atoms with van der Waals surface area (Å²) in [6.45, 7) is 9.93. The van der Waals surface area contributed by atoms with Gasteiger partial charge in [-0.2, -0.15) is 0 Å². The van der Waals surface area contributed by atoms with Gasteiger partial charge in [0.2, 0.25) is 0 Å². The molecule has 0 aliphatic rings. The molecule has 0 aliphatic heterocycles. The smallest absolute Gasteiger partial charge is 0.119 e. The Bertz CT molecular complexity index is 377. The fourth-order valence-electron chi connectivity index (χ4n) is 1.95. The van der Waals surface area contributed by atoms with Crippen LogP contribution >= 0.6 is 0 Å². The van der Waals surface area contributed by atoms with E-state index in [1.165, 1.54) is 5.56 Å². The van der Waals surface area contributed by atoms with E-state index in [9.17, 15) is 5.11 Å².